The molecule has 1 aliphatic rings. The summed E-state index contributed by atoms with van der Waals surface area (Å²) in [5.41, 5.74) is 9.42. The van der Waals surface area contributed by atoms with E-state index in [1.54, 1.807) is 12.1 Å². The van der Waals surface area contributed by atoms with Gasteiger partial charge in [-0.3, -0.25) is 14.5 Å². The van der Waals surface area contributed by atoms with Crippen molar-refractivity contribution in [2.24, 2.45) is 5.73 Å². The minimum atomic E-state index is -0.447. The van der Waals surface area contributed by atoms with E-state index in [1.165, 1.54) is 0 Å². The van der Waals surface area contributed by atoms with E-state index >= 15 is 0 Å². The molecule has 7 heteroatoms. The molecule has 28 heavy (non-hydrogen) atoms. The van der Waals surface area contributed by atoms with Crippen LogP contribution >= 0.6 is 12.4 Å². The first-order valence-electron chi connectivity index (χ1n) is 9.27. The first-order chi connectivity index (χ1) is 13.0. The summed E-state index contributed by atoms with van der Waals surface area (Å²) in [7, 11) is 0. The van der Waals surface area contributed by atoms with Crippen LogP contribution in [-0.4, -0.2) is 56.0 Å². The van der Waals surface area contributed by atoms with Crippen LogP contribution in [0.25, 0.3) is 11.1 Å². The highest BCUT2D eigenvalue weighted by Crippen LogP contribution is 2.25. The van der Waals surface area contributed by atoms with Crippen LogP contribution in [0.1, 0.15) is 26.3 Å². The van der Waals surface area contributed by atoms with Crippen LogP contribution in [0.2, 0.25) is 0 Å². The van der Waals surface area contributed by atoms with Crippen LogP contribution < -0.4 is 16.4 Å². The molecule has 0 aliphatic carbocycles. The molecule has 2 aromatic carbocycles. The summed E-state index contributed by atoms with van der Waals surface area (Å²) in [5, 5.41) is 6.30. The minimum Gasteiger partial charge on any atom is -0.366 e. The van der Waals surface area contributed by atoms with Crippen LogP contribution in [0.15, 0.2) is 42.5 Å². The summed E-state index contributed by atoms with van der Waals surface area (Å²) in [6.07, 6.45) is 0. The Hall–Kier alpha value is -2.41. The van der Waals surface area contributed by atoms with E-state index in [-0.39, 0.29) is 18.3 Å². The standard InChI is InChI=1S/C21H26N4O2.ClH/c1-15-2-3-18(20(22)26)14-19(15)16-4-6-17(7-5-16)21(27)24-10-13-25-11-8-23-9-12-25;/h2-7,14,23H,8-13H2,1H3,(H2,22,26)(H,24,27);1H. The van der Waals surface area contributed by atoms with E-state index in [9.17, 15) is 9.59 Å². The Morgan fingerprint density at radius 2 is 1.71 bits per heavy atom. The van der Waals surface area contributed by atoms with E-state index in [0.29, 0.717) is 17.7 Å². The SMILES string of the molecule is Cc1ccc(C(N)=O)cc1-c1ccc(C(=O)NCCN2CCNCC2)cc1.Cl. The van der Waals surface area contributed by atoms with Gasteiger partial charge in [-0.1, -0.05) is 18.2 Å². The third-order valence-corrected chi connectivity index (χ3v) is 4.90. The highest BCUT2D eigenvalue weighted by molar-refractivity contribution is 5.96. The number of primary amides is 1. The number of piperazine rings is 1. The number of nitrogens with zero attached hydrogens (tertiary/aromatic N) is 1. The van der Waals surface area contributed by atoms with Crippen LogP contribution in [-0.2, 0) is 0 Å². The lowest BCUT2D eigenvalue weighted by molar-refractivity contribution is 0.0946. The van der Waals surface area contributed by atoms with E-state index in [0.717, 1.165) is 49.4 Å². The number of hydrogen-bond donors (Lipinski definition) is 3. The van der Waals surface area contributed by atoms with Gasteiger partial charge >= 0.3 is 0 Å². The molecule has 0 spiro atoms. The van der Waals surface area contributed by atoms with E-state index in [1.807, 2.05) is 37.3 Å². The molecule has 150 valence electrons. The Bertz CT molecular complexity index is 818. The fraction of sp³-hybridized carbons (Fsp3) is 0.333. The molecule has 4 N–H and O–H groups in total. The summed E-state index contributed by atoms with van der Waals surface area (Å²) in [6, 6.07) is 12.8. The zero-order chi connectivity index (χ0) is 19.2. The molecule has 0 radical (unpaired) electrons. The topological polar surface area (TPSA) is 87.5 Å². The van der Waals surface area contributed by atoms with Crippen molar-refractivity contribution in [3.05, 3.63) is 59.2 Å². The molecule has 2 amide bonds. The summed E-state index contributed by atoms with van der Waals surface area (Å²) >= 11 is 0. The third-order valence-electron chi connectivity index (χ3n) is 4.90. The molecule has 1 fully saturated rings. The van der Waals surface area contributed by atoms with E-state index in [4.69, 9.17) is 5.73 Å². The molecule has 3 rings (SSSR count). The zero-order valence-electron chi connectivity index (χ0n) is 16.0. The minimum absolute atomic E-state index is 0. The number of carbonyl (C=O) groups is 2. The molecular formula is C21H27ClN4O2. The number of amides is 2. The maximum absolute atomic E-state index is 12.3. The molecule has 0 unspecified atom stereocenters. The van der Waals surface area contributed by atoms with Crippen LogP contribution in [0, 0.1) is 6.92 Å². The van der Waals surface area contributed by atoms with Crippen molar-refractivity contribution < 1.29 is 9.59 Å². The second kappa shape index (κ2) is 10.2. The van der Waals surface area contributed by atoms with Crippen molar-refractivity contribution in [2.45, 2.75) is 6.92 Å². The maximum Gasteiger partial charge on any atom is 0.251 e. The number of hydrogen-bond acceptors (Lipinski definition) is 4. The first-order valence-corrected chi connectivity index (χ1v) is 9.27. The van der Waals surface area contributed by atoms with Crippen molar-refractivity contribution >= 4 is 24.2 Å². The second-order valence-corrected chi connectivity index (χ2v) is 6.82. The average Bonchev–Trinajstić information content (AvgIpc) is 2.69. The van der Waals surface area contributed by atoms with Gasteiger partial charge in [0, 0.05) is 50.4 Å². The van der Waals surface area contributed by atoms with Gasteiger partial charge in [0.15, 0.2) is 0 Å². The van der Waals surface area contributed by atoms with Crippen LogP contribution in [0.3, 0.4) is 0 Å². The quantitative estimate of drug-likeness (QED) is 0.687. The summed E-state index contributed by atoms with van der Waals surface area (Å²) in [6.45, 7) is 7.54. The molecule has 1 saturated heterocycles. The number of carbonyl (C=O) groups excluding carboxylic acids is 2. The highest BCUT2D eigenvalue weighted by atomic mass is 35.5. The fourth-order valence-electron chi connectivity index (χ4n) is 3.25. The molecule has 1 aliphatic heterocycles. The highest BCUT2D eigenvalue weighted by Gasteiger charge is 2.11. The van der Waals surface area contributed by atoms with Crippen LogP contribution in [0.4, 0.5) is 0 Å². The predicted molar refractivity (Wildman–Crippen MR) is 114 cm³/mol. The van der Waals surface area contributed by atoms with Crippen LogP contribution in [0.5, 0.6) is 0 Å². The fourth-order valence-corrected chi connectivity index (χ4v) is 3.25. The molecule has 2 aromatic rings. The van der Waals surface area contributed by atoms with Gasteiger partial charge in [-0.15, -0.1) is 12.4 Å². The smallest absolute Gasteiger partial charge is 0.251 e. The largest absolute Gasteiger partial charge is 0.366 e. The Morgan fingerprint density at radius 3 is 2.36 bits per heavy atom. The lowest BCUT2D eigenvalue weighted by Crippen LogP contribution is -2.46. The van der Waals surface area contributed by atoms with Crippen molar-refractivity contribution in [1.82, 2.24) is 15.5 Å². The van der Waals surface area contributed by atoms with Gasteiger partial charge in [0.25, 0.3) is 5.91 Å². The van der Waals surface area contributed by atoms with Crippen molar-refractivity contribution in [1.29, 1.82) is 0 Å². The monoisotopic (exact) mass is 402 g/mol. The first kappa shape index (κ1) is 21.9. The number of benzene rings is 2. The van der Waals surface area contributed by atoms with Gasteiger partial charge < -0.3 is 16.4 Å². The van der Waals surface area contributed by atoms with Gasteiger partial charge in [0.2, 0.25) is 5.91 Å². The summed E-state index contributed by atoms with van der Waals surface area (Å²) < 4.78 is 0. The summed E-state index contributed by atoms with van der Waals surface area (Å²) in [4.78, 5) is 26.1. The van der Waals surface area contributed by atoms with E-state index in [2.05, 4.69) is 15.5 Å². The third kappa shape index (κ3) is 5.55. The maximum atomic E-state index is 12.3. The number of nitrogens with two attached hydrogens (primary N) is 1. The van der Waals surface area contributed by atoms with E-state index < -0.39 is 5.91 Å². The number of nitrogens with one attached hydrogen (secondary N) is 2. The van der Waals surface area contributed by atoms with Gasteiger partial charge in [0.05, 0.1) is 0 Å². The lowest BCUT2D eigenvalue weighted by atomic mass is 9.97. The van der Waals surface area contributed by atoms with Gasteiger partial charge in [-0.2, -0.15) is 0 Å². The number of halogens is 1. The normalized spacial score (nSPS) is 14.2. The second-order valence-electron chi connectivity index (χ2n) is 6.82. The van der Waals surface area contributed by atoms with Crippen molar-refractivity contribution in [3.63, 3.8) is 0 Å². The molecule has 0 saturated carbocycles. The van der Waals surface area contributed by atoms with Crippen molar-refractivity contribution in [3.8, 4) is 11.1 Å². The Balaban J connectivity index is 0.00000280. The molecule has 0 bridgehead atoms. The summed E-state index contributed by atoms with van der Waals surface area (Å²) in [5.74, 6) is -0.518. The lowest BCUT2D eigenvalue weighted by Gasteiger charge is -2.27. The Kier molecular flexibility index (Phi) is 7.99. The van der Waals surface area contributed by atoms with Gasteiger partial charge in [-0.05, 0) is 47.9 Å². The molecule has 0 aromatic heterocycles. The molecule has 1 heterocycles. The Labute approximate surface area is 171 Å². The van der Waals surface area contributed by atoms with Gasteiger partial charge in [0.1, 0.15) is 0 Å². The average molecular weight is 403 g/mol. The predicted octanol–water partition coefficient (Wildman–Crippen LogP) is 1.82. The molecular weight excluding hydrogens is 376 g/mol. The molecule has 0 atom stereocenters. The van der Waals surface area contributed by atoms with Crippen molar-refractivity contribution in [2.75, 3.05) is 39.3 Å². The Morgan fingerprint density at radius 1 is 1.07 bits per heavy atom. The zero-order valence-corrected chi connectivity index (χ0v) is 16.8. The number of aryl methyl sites for hydroxylation is 1. The van der Waals surface area contributed by atoms with Gasteiger partial charge in [-0.25, -0.2) is 0 Å². The molecule has 6 nitrogen and oxygen atoms in total. The number of rotatable bonds is 6.